The summed E-state index contributed by atoms with van der Waals surface area (Å²) in [4.78, 5) is 14.7. The summed E-state index contributed by atoms with van der Waals surface area (Å²) >= 11 is 0. The van der Waals surface area contributed by atoms with Crippen LogP contribution in [0.2, 0.25) is 0 Å². The van der Waals surface area contributed by atoms with Gasteiger partial charge in [-0.2, -0.15) is 0 Å². The minimum Gasteiger partial charge on any atom is -0.308 e. The number of fused-ring (bicyclic) bond motifs is 1. The molecule has 1 aliphatic heterocycles. The highest BCUT2D eigenvalue weighted by molar-refractivity contribution is 7.89. The van der Waals surface area contributed by atoms with Crippen LogP contribution in [0.3, 0.4) is 0 Å². The van der Waals surface area contributed by atoms with Crippen LogP contribution in [0.1, 0.15) is 15.9 Å². The van der Waals surface area contributed by atoms with Crippen molar-refractivity contribution in [2.24, 2.45) is 5.14 Å². The Labute approximate surface area is 158 Å². The summed E-state index contributed by atoms with van der Waals surface area (Å²) in [5.74, 6) is -0.100. The molecule has 2 N–H and O–H groups in total. The molecule has 0 bridgehead atoms. The van der Waals surface area contributed by atoms with Crippen molar-refractivity contribution in [1.29, 1.82) is 0 Å². The van der Waals surface area contributed by atoms with E-state index in [1.54, 1.807) is 17.0 Å². The zero-order valence-corrected chi connectivity index (χ0v) is 15.3. The van der Waals surface area contributed by atoms with Crippen molar-refractivity contribution in [3.05, 3.63) is 83.9 Å². The number of carbonyl (C=O) groups excluding carboxylic acids is 1. The summed E-state index contributed by atoms with van der Waals surface area (Å²) in [5, 5.41) is 5.19. The molecule has 0 aromatic heterocycles. The molecule has 3 aromatic carbocycles. The predicted molar refractivity (Wildman–Crippen MR) is 105 cm³/mol. The molecule has 0 aliphatic carbocycles. The van der Waals surface area contributed by atoms with Crippen LogP contribution in [0.4, 0.5) is 5.69 Å². The lowest BCUT2D eigenvalue weighted by molar-refractivity contribution is 0.0989. The molecule has 0 atom stereocenters. The Kier molecular flexibility index (Phi) is 4.30. The van der Waals surface area contributed by atoms with Crippen molar-refractivity contribution in [1.82, 2.24) is 0 Å². The number of rotatable bonds is 3. The molecule has 6 heteroatoms. The Bertz CT molecular complexity index is 1110. The van der Waals surface area contributed by atoms with Gasteiger partial charge in [-0.05, 0) is 53.4 Å². The Morgan fingerprint density at radius 1 is 0.889 bits per heavy atom. The fourth-order valence-electron chi connectivity index (χ4n) is 3.36. The zero-order valence-electron chi connectivity index (χ0n) is 14.5. The van der Waals surface area contributed by atoms with Gasteiger partial charge in [0.2, 0.25) is 10.0 Å². The number of hydrogen-bond acceptors (Lipinski definition) is 3. The monoisotopic (exact) mass is 378 g/mol. The number of amides is 1. The minimum absolute atomic E-state index is 0.0720. The Hall–Kier alpha value is -2.96. The van der Waals surface area contributed by atoms with Gasteiger partial charge in [-0.15, -0.1) is 0 Å². The van der Waals surface area contributed by atoms with E-state index in [1.165, 1.54) is 6.07 Å². The van der Waals surface area contributed by atoms with Gasteiger partial charge in [0, 0.05) is 17.8 Å². The van der Waals surface area contributed by atoms with E-state index >= 15 is 0 Å². The number of hydrogen-bond donors (Lipinski definition) is 1. The van der Waals surface area contributed by atoms with Gasteiger partial charge < -0.3 is 4.90 Å². The van der Waals surface area contributed by atoms with E-state index in [4.69, 9.17) is 5.14 Å². The van der Waals surface area contributed by atoms with Crippen LogP contribution < -0.4 is 10.0 Å². The van der Waals surface area contributed by atoms with Crippen LogP contribution in [0.5, 0.6) is 0 Å². The molecule has 0 unspecified atom stereocenters. The molecule has 1 heterocycles. The van der Waals surface area contributed by atoms with Gasteiger partial charge in [0.05, 0.1) is 4.90 Å². The number of benzene rings is 3. The van der Waals surface area contributed by atoms with Crippen LogP contribution >= 0.6 is 0 Å². The van der Waals surface area contributed by atoms with Crippen molar-refractivity contribution >= 4 is 21.6 Å². The van der Waals surface area contributed by atoms with E-state index in [0.29, 0.717) is 18.5 Å². The van der Waals surface area contributed by atoms with Gasteiger partial charge in [0.1, 0.15) is 0 Å². The lowest BCUT2D eigenvalue weighted by Gasteiger charge is -2.18. The molecule has 0 fully saturated rings. The lowest BCUT2D eigenvalue weighted by Crippen LogP contribution is -2.28. The van der Waals surface area contributed by atoms with E-state index in [1.807, 2.05) is 54.6 Å². The quantitative estimate of drug-likeness (QED) is 0.760. The second-order valence-electron chi connectivity index (χ2n) is 6.49. The fourth-order valence-corrected chi connectivity index (χ4v) is 3.92. The number of nitrogens with two attached hydrogens (primary N) is 1. The second kappa shape index (κ2) is 6.64. The van der Waals surface area contributed by atoms with Gasteiger partial charge in [0.25, 0.3) is 5.91 Å². The van der Waals surface area contributed by atoms with E-state index in [2.05, 4.69) is 0 Å². The fraction of sp³-hybridized carbons (Fsp3) is 0.0952. The van der Waals surface area contributed by atoms with Crippen molar-refractivity contribution in [2.75, 3.05) is 11.4 Å². The summed E-state index contributed by atoms with van der Waals surface area (Å²) < 4.78 is 23.0. The highest BCUT2D eigenvalue weighted by atomic mass is 32.2. The molecular weight excluding hydrogens is 360 g/mol. The molecule has 0 spiro atoms. The highest BCUT2D eigenvalue weighted by Gasteiger charge is 2.26. The smallest absolute Gasteiger partial charge is 0.258 e. The normalized spacial score (nSPS) is 13.4. The highest BCUT2D eigenvalue weighted by Crippen LogP contribution is 2.31. The summed E-state index contributed by atoms with van der Waals surface area (Å²) in [6.07, 6.45) is 0.604. The van der Waals surface area contributed by atoms with Crippen molar-refractivity contribution in [3.63, 3.8) is 0 Å². The number of carbonyl (C=O) groups is 1. The number of primary sulfonamides is 1. The molecule has 1 aliphatic rings. The van der Waals surface area contributed by atoms with Crippen molar-refractivity contribution in [3.8, 4) is 11.1 Å². The van der Waals surface area contributed by atoms with Crippen molar-refractivity contribution < 1.29 is 13.2 Å². The van der Waals surface area contributed by atoms with Gasteiger partial charge in [-0.3, -0.25) is 4.79 Å². The van der Waals surface area contributed by atoms with E-state index in [0.717, 1.165) is 22.4 Å². The first-order valence-corrected chi connectivity index (χ1v) is 10.1. The lowest BCUT2D eigenvalue weighted by atomic mass is 10.0. The summed E-state index contributed by atoms with van der Waals surface area (Å²) in [5.41, 5.74) is 4.29. The van der Waals surface area contributed by atoms with Gasteiger partial charge in [0.15, 0.2) is 0 Å². The Morgan fingerprint density at radius 3 is 2.22 bits per heavy atom. The first-order chi connectivity index (χ1) is 12.9. The number of anilines is 1. The van der Waals surface area contributed by atoms with Gasteiger partial charge in [-0.25, -0.2) is 13.6 Å². The van der Waals surface area contributed by atoms with E-state index in [9.17, 15) is 13.2 Å². The van der Waals surface area contributed by atoms with Crippen LogP contribution in [0, 0.1) is 0 Å². The van der Waals surface area contributed by atoms with Crippen LogP contribution in [-0.4, -0.2) is 20.9 Å². The maximum absolute atomic E-state index is 12.9. The van der Waals surface area contributed by atoms with Gasteiger partial charge in [-0.1, -0.05) is 42.5 Å². The van der Waals surface area contributed by atoms with Crippen LogP contribution in [-0.2, 0) is 16.4 Å². The van der Waals surface area contributed by atoms with E-state index in [-0.39, 0.29) is 10.8 Å². The molecule has 4 rings (SSSR count). The van der Waals surface area contributed by atoms with Gasteiger partial charge >= 0.3 is 0 Å². The predicted octanol–water partition coefficient (Wildman–Crippen LogP) is 3.20. The number of nitrogens with zero attached hydrogens (tertiary/aromatic N) is 1. The van der Waals surface area contributed by atoms with E-state index < -0.39 is 10.0 Å². The molecule has 27 heavy (non-hydrogen) atoms. The molecule has 0 radical (unpaired) electrons. The van der Waals surface area contributed by atoms with Crippen LogP contribution in [0.15, 0.2) is 77.7 Å². The first kappa shape index (κ1) is 17.5. The zero-order chi connectivity index (χ0) is 19.0. The molecule has 5 nitrogen and oxygen atoms in total. The largest absolute Gasteiger partial charge is 0.308 e. The maximum Gasteiger partial charge on any atom is 0.258 e. The average Bonchev–Trinajstić information content (AvgIpc) is 3.11. The second-order valence-corrected chi connectivity index (χ2v) is 8.05. The first-order valence-electron chi connectivity index (χ1n) is 8.56. The summed E-state index contributed by atoms with van der Waals surface area (Å²) in [6, 6.07) is 22.1. The summed E-state index contributed by atoms with van der Waals surface area (Å²) in [7, 11) is -3.75. The molecular formula is C21H18N2O3S. The Balaban J connectivity index is 1.60. The minimum atomic E-state index is -3.75. The van der Waals surface area contributed by atoms with Crippen LogP contribution in [0.25, 0.3) is 11.1 Å². The molecule has 1 amide bonds. The topological polar surface area (TPSA) is 80.5 Å². The third-order valence-corrected chi connectivity index (χ3v) is 5.67. The SMILES string of the molecule is NS(=O)(=O)c1ccc2c(c1)CCN2C(=O)c1ccc(-c2ccccc2)cc1. The summed E-state index contributed by atoms with van der Waals surface area (Å²) in [6.45, 7) is 0.517. The molecule has 136 valence electrons. The molecule has 0 saturated carbocycles. The Morgan fingerprint density at radius 2 is 1.56 bits per heavy atom. The van der Waals surface area contributed by atoms with Crippen molar-refractivity contribution in [2.45, 2.75) is 11.3 Å². The third kappa shape index (κ3) is 3.37. The molecule has 0 saturated heterocycles. The standard InChI is InChI=1S/C21H18N2O3S/c22-27(25,26)19-10-11-20-18(14-19)12-13-23(20)21(24)17-8-6-16(7-9-17)15-4-2-1-3-5-15/h1-11,14H,12-13H2,(H2,22,25,26). The average molecular weight is 378 g/mol. The maximum atomic E-state index is 12.9. The number of sulfonamides is 1. The molecule has 3 aromatic rings. The third-order valence-electron chi connectivity index (χ3n) is 4.76.